The molecule has 0 bridgehead atoms. The van der Waals surface area contributed by atoms with E-state index in [9.17, 15) is 28.9 Å². The van der Waals surface area contributed by atoms with Gasteiger partial charge < -0.3 is 4.74 Å². The number of anilines is 1. The molecule has 3 aromatic carbocycles. The molecule has 0 spiro atoms. The van der Waals surface area contributed by atoms with E-state index in [-0.39, 0.29) is 23.6 Å². The number of nitro benzene ring substituents is 1. The minimum Gasteiger partial charge on any atom is -0.488 e. The fourth-order valence-corrected chi connectivity index (χ4v) is 3.79. The van der Waals surface area contributed by atoms with Crippen LogP contribution in [-0.2, 0) is 16.2 Å². The molecule has 176 valence electrons. The fraction of sp³-hybridized carbons (Fsp3) is 0.0417. The fourth-order valence-electron chi connectivity index (χ4n) is 3.27. The summed E-state index contributed by atoms with van der Waals surface area (Å²) in [5, 5.41) is 12.8. The standard InChI is InChI=1S/C24H15BrFN3O6/c25-18-12-15(7-10-21(18)35-13-14-5-8-16(9-6-14)29(33)34)11-17-22(30)27-24(32)28(23(17)31)20-4-2-1-3-19(20)26/h1-12H,13H2,(H,27,30,32)/b17-11-. The van der Waals surface area contributed by atoms with Gasteiger partial charge in [0.15, 0.2) is 0 Å². The van der Waals surface area contributed by atoms with Gasteiger partial charge in [0, 0.05) is 12.1 Å². The number of nitrogens with one attached hydrogen (secondary N) is 1. The monoisotopic (exact) mass is 539 g/mol. The zero-order chi connectivity index (χ0) is 25.1. The van der Waals surface area contributed by atoms with Crippen molar-refractivity contribution in [2.45, 2.75) is 6.61 Å². The van der Waals surface area contributed by atoms with E-state index in [0.717, 1.165) is 11.6 Å². The highest BCUT2D eigenvalue weighted by Gasteiger charge is 2.37. The van der Waals surface area contributed by atoms with Gasteiger partial charge in [0.1, 0.15) is 23.7 Å². The molecule has 4 amide bonds. The van der Waals surface area contributed by atoms with Gasteiger partial charge in [0.2, 0.25) is 0 Å². The van der Waals surface area contributed by atoms with Crippen LogP contribution >= 0.6 is 15.9 Å². The average molecular weight is 540 g/mol. The molecule has 4 rings (SSSR count). The van der Waals surface area contributed by atoms with Crippen molar-refractivity contribution in [3.8, 4) is 5.75 Å². The summed E-state index contributed by atoms with van der Waals surface area (Å²) >= 11 is 3.37. The highest BCUT2D eigenvalue weighted by atomic mass is 79.9. The second-order valence-electron chi connectivity index (χ2n) is 7.31. The Morgan fingerprint density at radius 1 is 1.06 bits per heavy atom. The number of carbonyl (C=O) groups is 3. The normalized spacial score (nSPS) is 14.7. The summed E-state index contributed by atoms with van der Waals surface area (Å²) < 4.78 is 20.4. The van der Waals surface area contributed by atoms with Crippen LogP contribution in [0.15, 0.2) is 76.8 Å². The molecule has 1 heterocycles. The number of benzene rings is 3. The van der Waals surface area contributed by atoms with Crippen LogP contribution < -0.4 is 15.0 Å². The number of nitrogens with zero attached hydrogens (tertiary/aromatic N) is 2. The molecule has 1 aliphatic rings. The third-order valence-electron chi connectivity index (χ3n) is 5.00. The number of rotatable bonds is 6. The van der Waals surface area contributed by atoms with Crippen molar-refractivity contribution in [3.05, 3.63) is 104 Å². The maximum Gasteiger partial charge on any atom is 0.336 e. The molecule has 0 aromatic heterocycles. The van der Waals surface area contributed by atoms with Gasteiger partial charge in [0.05, 0.1) is 15.1 Å². The maximum absolute atomic E-state index is 14.2. The van der Waals surface area contributed by atoms with Gasteiger partial charge in [-0.1, -0.05) is 18.2 Å². The molecule has 1 saturated heterocycles. The molecule has 0 radical (unpaired) electrons. The van der Waals surface area contributed by atoms with E-state index < -0.39 is 28.6 Å². The van der Waals surface area contributed by atoms with E-state index in [2.05, 4.69) is 15.9 Å². The van der Waals surface area contributed by atoms with Gasteiger partial charge in [-0.05, 0) is 69.5 Å². The van der Waals surface area contributed by atoms with Crippen LogP contribution in [0.2, 0.25) is 0 Å². The predicted molar refractivity (Wildman–Crippen MR) is 127 cm³/mol. The lowest BCUT2D eigenvalue weighted by Crippen LogP contribution is -2.54. The Morgan fingerprint density at radius 3 is 2.43 bits per heavy atom. The first-order valence-corrected chi connectivity index (χ1v) is 10.9. The van der Waals surface area contributed by atoms with Crippen molar-refractivity contribution in [3.63, 3.8) is 0 Å². The van der Waals surface area contributed by atoms with Gasteiger partial charge in [-0.3, -0.25) is 25.0 Å². The maximum atomic E-state index is 14.2. The molecule has 3 aromatic rings. The van der Waals surface area contributed by atoms with Crippen LogP contribution in [0.25, 0.3) is 6.08 Å². The largest absolute Gasteiger partial charge is 0.488 e. The number of carbonyl (C=O) groups excluding carboxylic acids is 3. The Morgan fingerprint density at radius 2 is 1.77 bits per heavy atom. The number of ether oxygens (including phenoxy) is 1. The Hall–Kier alpha value is -4.38. The van der Waals surface area contributed by atoms with Crippen molar-refractivity contribution >= 4 is 51.2 Å². The zero-order valence-corrected chi connectivity index (χ0v) is 19.3. The van der Waals surface area contributed by atoms with Crippen LogP contribution in [0.5, 0.6) is 5.75 Å². The number of hydrogen-bond acceptors (Lipinski definition) is 6. The molecule has 0 unspecified atom stereocenters. The number of imide groups is 2. The topological polar surface area (TPSA) is 119 Å². The number of hydrogen-bond donors (Lipinski definition) is 1. The number of urea groups is 1. The van der Waals surface area contributed by atoms with E-state index in [4.69, 9.17) is 4.74 Å². The van der Waals surface area contributed by atoms with Crippen molar-refractivity contribution in [1.29, 1.82) is 0 Å². The lowest BCUT2D eigenvalue weighted by atomic mass is 10.1. The molecule has 11 heteroatoms. The molecule has 0 saturated carbocycles. The summed E-state index contributed by atoms with van der Waals surface area (Å²) in [6.07, 6.45) is 1.28. The van der Waals surface area contributed by atoms with Crippen molar-refractivity contribution in [1.82, 2.24) is 5.32 Å². The van der Waals surface area contributed by atoms with Crippen molar-refractivity contribution in [2.75, 3.05) is 4.90 Å². The third kappa shape index (κ3) is 5.09. The second-order valence-corrected chi connectivity index (χ2v) is 8.17. The number of nitro groups is 1. The Kier molecular flexibility index (Phi) is 6.69. The highest BCUT2D eigenvalue weighted by molar-refractivity contribution is 9.10. The smallest absolute Gasteiger partial charge is 0.336 e. The summed E-state index contributed by atoms with van der Waals surface area (Å²) in [5.74, 6) is -2.20. The predicted octanol–water partition coefficient (Wildman–Crippen LogP) is 4.74. The van der Waals surface area contributed by atoms with Gasteiger partial charge in [-0.2, -0.15) is 0 Å². The molecule has 9 nitrogen and oxygen atoms in total. The molecule has 0 atom stereocenters. The summed E-state index contributed by atoms with van der Waals surface area (Å²) in [5.41, 5.74) is 0.518. The van der Waals surface area contributed by atoms with Crippen molar-refractivity contribution < 1.29 is 28.4 Å². The van der Waals surface area contributed by atoms with E-state index >= 15 is 0 Å². The van der Waals surface area contributed by atoms with Crippen LogP contribution in [0.1, 0.15) is 11.1 Å². The quantitative estimate of drug-likeness (QED) is 0.209. The first kappa shape index (κ1) is 23.8. The third-order valence-corrected chi connectivity index (χ3v) is 5.62. The van der Waals surface area contributed by atoms with E-state index in [1.165, 1.54) is 36.4 Å². The molecule has 1 aliphatic heterocycles. The summed E-state index contributed by atoms with van der Waals surface area (Å²) in [6, 6.07) is 14.9. The number of para-hydroxylation sites is 1. The molecule has 1 N–H and O–H groups in total. The molecular formula is C24H15BrFN3O6. The van der Waals surface area contributed by atoms with Gasteiger partial charge >= 0.3 is 6.03 Å². The molecular weight excluding hydrogens is 525 g/mol. The first-order valence-electron chi connectivity index (χ1n) is 10.1. The van der Waals surface area contributed by atoms with Crippen LogP contribution in [0.3, 0.4) is 0 Å². The first-order chi connectivity index (χ1) is 16.7. The van der Waals surface area contributed by atoms with Gasteiger partial charge in [-0.25, -0.2) is 14.1 Å². The molecule has 0 aliphatic carbocycles. The van der Waals surface area contributed by atoms with Crippen LogP contribution in [0.4, 0.5) is 20.6 Å². The lowest BCUT2D eigenvalue weighted by Gasteiger charge is -2.26. The van der Waals surface area contributed by atoms with Crippen molar-refractivity contribution in [2.24, 2.45) is 0 Å². The minimum atomic E-state index is -1.04. The zero-order valence-electron chi connectivity index (χ0n) is 17.7. The van der Waals surface area contributed by atoms with E-state index in [1.807, 2.05) is 5.32 Å². The molecule has 35 heavy (non-hydrogen) atoms. The Balaban J connectivity index is 1.53. The summed E-state index contributed by atoms with van der Waals surface area (Å²) in [7, 11) is 0. The minimum absolute atomic E-state index is 0.0242. The summed E-state index contributed by atoms with van der Waals surface area (Å²) in [4.78, 5) is 48.3. The summed E-state index contributed by atoms with van der Waals surface area (Å²) in [6.45, 7) is 0.150. The van der Waals surface area contributed by atoms with E-state index in [0.29, 0.717) is 20.7 Å². The number of halogens is 2. The Bertz CT molecular complexity index is 1390. The van der Waals surface area contributed by atoms with Crippen LogP contribution in [0, 0.1) is 15.9 Å². The SMILES string of the molecule is O=C1NC(=O)N(c2ccccc2F)C(=O)/C1=C\c1ccc(OCc2ccc([N+](=O)[O-])cc2)c(Br)c1. The number of non-ortho nitro benzene ring substituents is 1. The van der Waals surface area contributed by atoms with E-state index in [1.54, 1.807) is 30.3 Å². The number of amides is 4. The van der Waals surface area contributed by atoms with Crippen LogP contribution in [-0.4, -0.2) is 22.8 Å². The van der Waals surface area contributed by atoms with Gasteiger partial charge in [0.25, 0.3) is 17.5 Å². The highest BCUT2D eigenvalue weighted by Crippen LogP contribution is 2.29. The molecule has 1 fully saturated rings. The number of barbiturate groups is 1. The Labute approximate surface area is 206 Å². The van der Waals surface area contributed by atoms with Gasteiger partial charge in [-0.15, -0.1) is 0 Å². The average Bonchev–Trinajstić information content (AvgIpc) is 2.82. The lowest BCUT2D eigenvalue weighted by molar-refractivity contribution is -0.384. The second kappa shape index (κ2) is 9.85.